The van der Waals surface area contributed by atoms with Crippen LogP contribution in [0, 0.1) is 23.7 Å². The highest BCUT2D eigenvalue weighted by Gasteiger charge is 2.41. The molecule has 2 rings (SSSR count). The molecule has 1 aliphatic heterocycles. The second-order valence-corrected chi connectivity index (χ2v) is 17.8. The summed E-state index contributed by atoms with van der Waals surface area (Å²) in [5, 5.41) is 0. The Hall–Kier alpha value is -5.02. The molecule has 1 fully saturated rings. The molecular weight excluding hydrogens is 789 g/mol. The van der Waals surface area contributed by atoms with E-state index in [1.54, 1.807) is 30.3 Å². The number of cyclic esters (lactones) is 4. The van der Waals surface area contributed by atoms with Crippen LogP contribution in [0.25, 0.3) is 0 Å². The minimum Gasteiger partial charge on any atom is -0.454 e. The third kappa shape index (κ3) is 15.4. The number of ether oxygens (including phenoxy) is 4. The standard InChI is InChI=1S/C45H70N4O12/c1-26(2)20-33-42(54)58-25-38(50)46(11)34(21-27(3)4)43(55)59-31(10)40(52)48(13)36(23-29(7)8)45(57)61-37(24-32-18-16-15-17-19-32)41(53)49(14)35(22-28(5)6)44(56)60-30(9)39(51)47(33)12/h15-19,26-31,33-37H,20-25H2,1-14H3/t30-,31-,33+,34+,35+,36+,37-/m1/s1. The molecule has 342 valence electrons. The van der Waals surface area contributed by atoms with Crippen molar-refractivity contribution in [3.8, 4) is 0 Å². The minimum absolute atomic E-state index is 0.0736. The first-order valence-electron chi connectivity index (χ1n) is 21.2. The molecule has 0 N–H and O–H groups in total. The van der Waals surface area contributed by atoms with Gasteiger partial charge in [0.2, 0.25) is 0 Å². The molecule has 16 heteroatoms. The molecular formula is C45H70N4O12. The number of hydrogen-bond acceptors (Lipinski definition) is 12. The van der Waals surface area contributed by atoms with Gasteiger partial charge in [0.25, 0.3) is 23.6 Å². The summed E-state index contributed by atoms with van der Waals surface area (Å²) in [5.74, 6) is -6.98. The highest BCUT2D eigenvalue weighted by molar-refractivity contribution is 5.94. The van der Waals surface area contributed by atoms with Crippen molar-refractivity contribution in [3.05, 3.63) is 35.9 Å². The summed E-state index contributed by atoms with van der Waals surface area (Å²) in [6.45, 7) is 16.7. The van der Waals surface area contributed by atoms with E-state index >= 15 is 0 Å². The lowest BCUT2D eigenvalue weighted by Gasteiger charge is -2.34. The summed E-state index contributed by atoms with van der Waals surface area (Å²) >= 11 is 0. The fourth-order valence-electron chi connectivity index (χ4n) is 7.03. The molecule has 1 saturated heterocycles. The third-order valence-electron chi connectivity index (χ3n) is 10.6. The Morgan fingerprint density at radius 2 is 0.836 bits per heavy atom. The maximum absolute atomic E-state index is 14.5. The number of carbonyl (C=O) groups is 8. The van der Waals surface area contributed by atoms with Gasteiger partial charge < -0.3 is 38.5 Å². The Kier molecular flexibility index (Phi) is 20.4. The van der Waals surface area contributed by atoms with E-state index in [-0.39, 0.29) is 55.8 Å². The first-order valence-corrected chi connectivity index (χ1v) is 21.2. The second kappa shape index (κ2) is 23.8. The van der Waals surface area contributed by atoms with E-state index in [1.807, 2.05) is 55.4 Å². The van der Waals surface area contributed by atoms with Gasteiger partial charge in [0.1, 0.15) is 24.2 Å². The Balaban J connectivity index is 2.76. The molecule has 7 atom stereocenters. The minimum atomic E-state index is -1.46. The van der Waals surface area contributed by atoms with Gasteiger partial charge in [0, 0.05) is 34.6 Å². The lowest BCUT2D eigenvalue weighted by atomic mass is 10.00. The van der Waals surface area contributed by atoms with Gasteiger partial charge in [0.15, 0.2) is 24.9 Å². The van der Waals surface area contributed by atoms with E-state index in [4.69, 9.17) is 18.9 Å². The molecule has 0 radical (unpaired) electrons. The number of carbonyl (C=O) groups excluding carboxylic acids is 8. The van der Waals surface area contributed by atoms with Crippen LogP contribution in [0.2, 0.25) is 0 Å². The molecule has 0 spiro atoms. The maximum atomic E-state index is 14.5. The number of hydrogen-bond donors (Lipinski definition) is 0. The first-order chi connectivity index (χ1) is 28.4. The lowest BCUT2D eigenvalue weighted by Crippen LogP contribution is -2.54. The SMILES string of the molecule is CC(C)C[C@H]1C(=O)O[C@H](C)C(=O)N(C)[C@@H](CC(C)C)C(=O)O[C@H](Cc2ccccc2)C(=O)N(C)[C@@H](CC(C)C)C(=O)O[C@H](C)C(=O)N(C)[C@@H](CC(C)C)C(=O)OCC(=O)N1C. The quantitative estimate of drug-likeness (QED) is 0.243. The van der Waals surface area contributed by atoms with Crippen LogP contribution in [0.1, 0.15) is 100 Å². The molecule has 1 heterocycles. The maximum Gasteiger partial charge on any atom is 0.329 e. The van der Waals surface area contributed by atoms with Gasteiger partial charge in [-0.15, -0.1) is 0 Å². The summed E-state index contributed by atoms with van der Waals surface area (Å²) in [4.78, 5) is 116. The van der Waals surface area contributed by atoms with Gasteiger partial charge in [-0.25, -0.2) is 19.2 Å². The largest absolute Gasteiger partial charge is 0.454 e. The third-order valence-corrected chi connectivity index (χ3v) is 10.6. The van der Waals surface area contributed by atoms with Crippen molar-refractivity contribution >= 4 is 47.5 Å². The molecule has 0 unspecified atom stereocenters. The molecule has 16 nitrogen and oxygen atoms in total. The van der Waals surface area contributed by atoms with Crippen LogP contribution >= 0.6 is 0 Å². The predicted octanol–water partition coefficient (Wildman–Crippen LogP) is 4.05. The predicted molar refractivity (Wildman–Crippen MR) is 226 cm³/mol. The van der Waals surface area contributed by atoms with Gasteiger partial charge in [0.05, 0.1) is 0 Å². The second-order valence-electron chi connectivity index (χ2n) is 17.8. The van der Waals surface area contributed by atoms with E-state index in [0.717, 1.165) is 19.6 Å². The summed E-state index contributed by atoms with van der Waals surface area (Å²) in [6.07, 6.45) is -3.83. The topological polar surface area (TPSA) is 186 Å². The van der Waals surface area contributed by atoms with Gasteiger partial charge in [-0.3, -0.25) is 19.2 Å². The molecule has 1 aromatic carbocycles. The van der Waals surface area contributed by atoms with Gasteiger partial charge in [-0.05, 0) is 68.8 Å². The number of likely N-dealkylation sites (N-methyl/N-ethyl adjacent to an activating group) is 4. The van der Waals surface area contributed by atoms with Gasteiger partial charge in [-0.2, -0.15) is 0 Å². The van der Waals surface area contributed by atoms with E-state index in [0.29, 0.717) is 5.56 Å². The highest BCUT2D eigenvalue weighted by atomic mass is 16.6. The summed E-state index contributed by atoms with van der Waals surface area (Å²) in [5.41, 5.74) is 0.653. The van der Waals surface area contributed by atoms with Crippen molar-refractivity contribution in [2.45, 2.75) is 144 Å². The van der Waals surface area contributed by atoms with Crippen molar-refractivity contribution in [1.29, 1.82) is 0 Å². The van der Waals surface area contributed by atoms with Crippen LogP contribution in [0.3, 0.4) is 0 Å². The van der Waals surface area contributed by atoms with Crippen LogP contribution in [0.5, 0.6) is 0 Å². The Morgan fingerprint density at radius 1 is 0.492 bits per heavy atom. The smallest absolute Gasteiger partial charge is 0.329 e. The molecule has 1 aromatic rings. The number of rotatable bonds is 10. The molecule has 61 heavy (non-hydrogen) atoms. The van der Waals surface area contributed by atoms with Crippen LogP contribution in [-0.2, 0) is 63.7 Å². The normalized spacial score (nSPS) is 25.6. The van der Waals surface area contributed by atoms with E-state index in [2.05, 4.69) is 0 Å². The number of amides is 4. The van der Waals surface area contributed by atoms with E-state index in [9.17, 15) is 38.4 Å². The zero-order valence-electron chi connectivity index (χ0n) is 38.7. The van der Waals surface area contributed by atoms with Gasteiger partial charge >= 0.3 is 23.9 Å². The number of nitrogens with zero attached hydrogens (tertiary/aromatic N) is 4. The van der Waals surface area contributed by atoms with E-state index < -0.39 is 96.6 Å². The molecule has 0 saturated carbocycles. The Morgan fingerprint density at radius 3 is 1.23 bits per heavy atom. The zero-order valence-corrected chi connectivity index (χ0v) is 38.7. The fourth-order valence-corrected chi connectivity index (χ4v) is 7.03. The Bertz CT molecular complexity index is 1670. The van der Waals surface area contributed by atoms with Gasteiger partial charge in [-0.1, -0.05) is 85.7 Å². The van der Waals surface area contributed by atoms with Crippen molar-refractivity contribution < 1.29 is 57.3 Å². The summed E-state index contributed by atoms with van der Waals surface area (Å²) in [7, 11) is 5.49. The Labute approximate surface area is 361 Å². The molecule has 1 aliphatic rings. The fraction of sp³-hybridized carbons (Fsp3) is 0.689. The average Bonchev–Trinajstić information content (AvgIpc) is 3.19. The van der Waals surface area contributed by atoms with Crippen LogP contribution in [0.4, 0.5) is 0 Å². The van der Waals surface area contributed by atoms with E-state index in [1.165, 1.54) is 42.0 Å². The zero-order chi connectivity index (χ0) is 46.5. The van der Waals surface area contributed by atoms with Crippen molar-refractivity contribution in [3.63, 3.8) is 0 Å². The van der Waals surface area contributed by atoms with Crippen molar-refractivity contribution in [1.82, 2.24) is 19.6 Å². The average molecular weight is 859 g/mol. The molecule has 4 amide bonds. The van der Waals surface area contributed by atoms with Crippen LogP contribution in [-0.4, -0.2) is 144 Å². The molecule has 0 bridgehead atoms. The van der Waals surface area contributed by atoms with Crippen molar-refractivity contribution in [2.24, 2.45) is 23.7 Å². The van der Waals surface area contributed by atoms with Crippen molar-refractivity contribution in [2.75, 3.05) is 34.8 Å². The molecule has 0 aromatic heterocycles. The monoisotopic (exact) mass is 858 g/mol. The first kappa shape index (κ1) is 52.1. The lowest BCUT2D eigenvalue weighted by molar-refractivity contribution is -0.174. The number of benzene rings is 1. The molecule has 0 aliphatic carbocycles. The summed E-state index contributed by atoms with van der Waals surface area (Å²) < 4.78 is 22.8. The summed E-state index contributed by atoms with van der Waals surface area (Å²) in [6, 6.07) is 4.04. The van der Waals surface area contributed by atoms with Crippen LogP contribution in [0.15, 0.2) is 30.3 Å². The highest BCUT2D eigenvalue weighted by Crippen LogP contribution is 2.22. The number of esters is 4. The van der Waals surface area contributed by atoms with Crippen LogP contribution < -0.4 is 0 Å².